The summed E-state index contributed by atoms with van der Waals surface area (Å²) in [5.74, 6) is 0. The Morgan fingerprint density at radius 3 is 2.89 bits per heavy atom. The van der Waals surface area contributed by atoms with Crippen LogP contribution in [0.15, 0.2) is 15.7 Å². The third kappa shape index (κ3) is 1.51. The van der Waals surface area contributed by atoms with Crippen molar-refractivity contribution in [2.24, 2.45) is 0 Å². The first-order chi connectivity index (χ1) is 4.22. The molecule has 0 saturated carbocycles. The molecule has 1 rings (SSSR count). The van der Waals surface area contributed by atoms with Gasteiger partial charge in [-0.2, -0.15) is 0 Å². The Bertz CT molecular complexity index is 272. The second-order valence-electron chi connectivity index (χ2n) is 1.34. The van der Waals surface area contributed by atoms with Crippen LogP contribution in [0.2, 0.25) is 0 Å². The molecule has 0 aromatic carbocycles. The average molecular weight is 301 g/mol. The molecular weight excluding hydrogens is 299 g/mol. The quantitative estimate of drug-likeness (QED) is 0.577. The molecule has 0 aliphatic carbocycles. The molecule has 1 aromatic rings. The Morgan fingerprint density at radius 1 is 1.78 bits per heavy atom. The van der Waals surface area contributed by atoms with Gasteiger partial charge in [0.1, 0.15) is 8.17 Å². The maximum Gasteiger partial charge on any atom is 0.265 e. The second-order valence-corrected chi connectivity index (χ2v) is 3.17. The summed E-state index contributed by atoms with van der Waals surface area (Å²) in [6.07, 6.45) is 1.36. The van der Waals surface area contributed by atoms with Crippen molar-refractivity contribution < 1.29 is 0 Å². The summed E-state index contributed by atoms with van der Waals surface area (Å²) >= 11 is 5.02. The molecule has 0 aliphatic heterocycles. The van der Waals surface area contributed by atoms with Gasteiger partial charge in [-0.1, -0.05) is 0 Å². The number of hydrogen-bond acceptors (Lipinski definition) is 2. The first-order valence-corrected chi connectivity index (χ1v) is 3.97. The largest absolute Gasteiger partial charge is 0.312 e. The summed E-state index contributed by atoms with van der Waals surface area (Å²) in [6, 6.07) is 0. The van der Waals surface area contributed by atoms with E-state index in [0.717, 1.165) is 0 Å². The SMILES string of the molecule is O=c1[nH]cnc(Br)c1I. The van der Waals surface area contributed by atoms with Crippen molar-refractivity contribution in [3.05, 3.63) is 24.9 Å². The lowest BCUT2D eigenvalue weighted by molar-refractivity contribution is 1.07. The molecule has 0 amide bonds. The van der Waals surface area contributed by atoms with Crippen LogP contribution in [-0.4, -0.2) is 9.97 Å². The molecule has 0 atom stereocenters. The van der Waals surface area contributed by atoms with E-state index < -0.39 is 0 Å². The van der Waals surface area contributed by atoms with Crippen molar-refractivity contribution in [3.8, 4) is 0 Å². The molecule has 3 nitrogen and oxygen atoms in total. The number of H-pyrrole nitrogens is 1. The zero-order valence-corrected chi connectivity index (χ0v) is 7.93. The molecule has 0 bridgehead atoms. The highest BCUT2D eigenvalue weighted by Gasteiger charge is 1.98. The summed E-state index contributed by atoms with van der Waals surface area (Å²) < 4.78 is 1.17. The van der Waals surface area contributed by atoms with Gasteiger partial charge in [-0.25, -0.2) is 4.98 Å². The van der Waals surface area contributed by atoms with E-state index in [0.29, 0.717) is 8.17 Å². The van der Waals surface area contributed by atoms with Gasteiger partial charge in [0, 0.05) is 0 Å². The highest BCUT2D eigenvalue weighted by Crippen LogP contribution is 2.08. The van der Waals surface area contributed by atoms with E-state index >= 15 is 0 Å². The van der Waals surface area contributed by atoms with E-state index in [1.807, 2.05) is 22.6 Å². The Morgan fingerprint density at radius 2 is 2.44 bits per heavy atom. The highest BCUT2D eigenvalue weighted by molar-refractivity contribution is 14.1. The monoisotopic (exact) mass is 300 g/mol. The van der Waals surface area contributed by atoms with E-state index in [1.165, 1.54) is 6.33 Å². The maximum atomic E-state index is 10.7. The first-order valence-electron chi connectivity index (χ1n) is 2.10. The molecule has 5 heteroatoms. The van der Waals surface area contributed by atoms with E-state index in [9.17, 15) is 4.79 Å². The fraction of sp³-hybridized carbons (Fsp3) is 0. The Kier molecular flexibility index (Phi) is 2.23. The van der Waals surface area contributed by atoms with Crippen molar-refractivity contribution in [3.63, 3.8) is 0 Å². The molecule has 0 fully saturated rings. The Hall–Kier alpha value is 0.0900. The van der Waals surface area contributed by atoms with Crippen molar-refractivity contribution in [1.82, 2.24) is 9.97 Å². The smallest absolute Gasteiger partial charge is 0.265 e. The van der Waals surface area contributed by atoms with Crippen LogP contribution in [0.4, 0.5) is 0 Å². The van der Waals surface area contributed by atoms with Crippen LogP contribution >= 0.6 is 38.5 Å². The van der Waals surface area contributed by atoms with Crippen LogP contribution in [0.5, 0.6) is 0 Å². The van der Waals surface area contributed by atoms with Gasteiger partial charge in [0.15, 0.2) is 0 Å². The second kappa shape index (κ2) is 2.78. The molecule has 0 radical (unpaired) electrons. The molecule has 0 spiro atoms. The first kappa shape index (κ1) is 7.20. The maximum absolute atomic E-state index is 10.7. The lowest BCUT2D eigenvalue weighted by atomic mass is 10.7. The molecule has 1 aromatic heterocycles. The lowest BCUT2D eigenvalue weighted by Crippen LogP contribution is -2.09. The van der Waals surface area contributed by atoms with Gasteiger partial charge in [0.25, 0.3) is 5.56 Å². The van der Waals surface area contributed by atoms with Gasteiger partial charge in [0.05, 0.1) is 6.33 Å². The number of aromatic nitrogens is 2. The predicted molar refractivity (Wildman–Crippen MR) is 45.3 cm³/mol. The van der Waals surface area contributed by atoms with Crippen LogP contribution in [0, 0.1) is 3.57 Å². The fourth-order valence-electron chi connectivity index (χ4n) is 0.361. The number of hydrogen-bond donors (Lipinski definition) is 1. The van der Waals surface area contributed by atoms with Crippen molar-refractivity contribution in [1.29, 1.82) is 0 Å². The summed E-state index contributed by atoms with van der Waals surface area (Å²) in [5.41, 5.74) is -0.113. The minimum absolute atomic E-state index is 0.113. The van der Waals surface area contributed by atoms with E-state index in [-0.39, 0.29) is 5.56 Å². The Labute approximate surface area is 73.2 Å². The normalized spacial score (nSPS) is 9.56. The van der Waals surface area contributed by atoms with Crippen molar-refractivity contribution in [2.75, 3.05) is 0 Å². The molecular formula is C4H2BrIN2O. The van der Waals surface area contributed by atoms with Crippen LogP contribution in [-0.2, 0) is 0 Å². The van der Waals surface area contributed by atoms with Crippen molar-refractivity contribution in [2.45, 2.75) is 0 Å². The fourth-order valence-corrected chi connectivity index (χ4v) is 0.939. The Balaban J connectivity index is 3.43. The third-order valence-electron chi connectivity index (χ3n) is 0.754. The number of rotatable bonds is 0. The van der Waals surface area contributed by atoms with Crippen LogP contribution in [0.3, 0.4) is 0 Å². The van der Waals surface area contributed by atoms with Crippen LogP contribution in [0.1, 0.15) is 0 Å². The molecule has 1 N–H and O–H groups in total. The number of nitrogens with one attached hydrogen (secondary N) is 1. The summed E-state index contributed by atoms with van der Waals surface area (Å²) in [7, 11) is 0. The van der Waals surface area contributed by atoms with Crippen molar-refractivity contribution >= 4 is 38.5 Å². The molecule has 1 heterocycles. The zero-order valence-electron chi connectivity index (χ0n) is 4.19. The summed E-state index contributed by atoms with van der Waals surface area (Å²) in [5, 5.41) is 0. The van der Waals surface area contributed by atoms with Gasteiger partial charge in [-0.15, -0.1) is 0 Å². The van der Waals surface area contributed by atoms with Gasteiger partial charge < -0.3 is 4.98 Å². The predicted octanol–water partition coefficient (Wildman–Crippen LogP) is 1.14. The lowest BCUT2D eigenvalue weighted by Gasteiger charge is -1.88. The van der Waals surface area contributed by atoms with E-state index in [2.05, 4.69) is 25.9 Å². The van der Waals surface area contributed by atoms with E-state index in [1.54, 1.807) is 0 Å². The number of nitrogens with zero attached hydrogens (tertiary/aromatic N) is 1. The molecule has 0 aliphatic rings. The van der Waals surface area contributed by atoms with E-state index in [4.69, 9.17) is 0 Å². The van der Waals surface area contributed by atoms with Gasteiger partial charge in [-0.05, 0) is 38.5 Å². The highest BCUT2D eigenvalue weighted by atomic mass is 127. The number of halogens is 2. The summed E-state index contributed by atoms with van der Waals surface area (Å²) in [4.78, 5) is 16.9. The minimum Gasteiger partial charge on any atom is -0.312 e. The standard InChI is InChI=1S/C4H2BrIN2O/c5-3-2(6)4(9)8-1-7-3/h1H,(H,7,8,9). The molecule has 0 saturated heterocycles. The minimum atomic E-state index is -0.113. The van der Waals surface area contributed by atoms with Gasteiger partial charge in [-0.3, -0.25) is 4.79 Å². The van der Waals surface area contributed by atoms with Crippen LogP contribution < -0.4 is 5.56 Å². The van der Waals surface area contributed by atoms with Gasteiger partial charge in [0.2, 0.25) is 0 Å². The molecule has 9 heavy (non-hydrogen) atoms. The number of aromatic amines is 1. The van der Waals surface area contributed by atoms with Crippen LogP contribution in [0.25, 0.3) is 0 Å². The van der Waals surface area contributed by atoms with Gasteiger partial charge >= 0.3 is 0 Å². The molecule has 0 unspecified atom stereocenters. The average Bonchev–Trinajstić information content (AvgIpc) is 1.83. The third-order valence-corrected chi connectivity index (χ3v) is 3.10. The summed E-state index contributed by atoms with van der Waals surface area (Å²) in [6.45, 7) is 0. The molecule has 48 valence electrons. The topological polar surface area (TPSA) is 45.8 Å². The zero-order chi connectivity index (χ0) is 6.85.